The molecular formula is C9H19ClN2. The lowest BCUT2D eigenvalue weighted by molar-refractivity contribution is 0.302. The molecule has 0 spiro atoms. The summed E-state index contributed by atoms with van der Waals surface area (Å²) in [7, 11) is 6.28. The maximum absolute atomic E-state index is 5.50. The smallest absolute Gasteiger partial charge is 0.0404 e. The molecule has 0 unspecified atom stereocenters. The van der Waals surface area contributed by atoms with Crippen LogP contribution in [0.15, 0.2) is 12.2 Å². The van der Waals surface area contributed by atoms with Crippen molar-refractivity contribution in [3.8, 4) is 0 Å². The Labute approximate surface area is 80.8 Å². The van der Waals surface area contributed by atoms with Gasteiger partial charge in [-0.15, -0.1) is 11.6 Å². The fraction of sp³-hybridized carbons (Fsp3) is 0.778. The molecule has 0 aromatic carbocycles. The third kappa shape index (κ3) is 8.05. The molecule has 3 heteroatoms. The zero-order chi connectivity index (χ0) is 9.40. The van der Waals surface area contributed by atoms with Crippen molar-refractivity contribution in [2.24, 2.45) is 0 Å². The Bertz CT molecular complexity index is 124. The van der Waals surface area contributed by atoms with Crippen LogP contribution in [0.4, 0.5) is 0 Å². The normalized spacial score (nSPS) is 12.2. The standard InChI is InChI=1S/C9H19ClN2/c1-11(2)8-9-12(3)7-5-4-6-10/h4-5H,6-9H2,1-3H3. The highest BCUT2D eigenvalue weighted by atomic mass is 35.5. The molecule has 2 nitrogen and oxygen atoms in total. The topological polar surface area (TPSA) is 6.48 Å². The average Bonchev–Trinajstić information content (AvgIpc) is 2.01. The van der Waals surface area contributed by atoms with Crippen LogP contribution < -0.4 is 0 Å². The van der Waals surface area contributed by atoms with E-state index in [1.165, 1.54) is 0 Å². The van der Waals surface area contributed by atoms with E-state index in [-0.39, 0.29) is 0 Å². The van der Waals surface area contributed by atoms with Gasteiger partial charge < -0.3 is 9.80 Å². The molecule has 0 atom stereocenters. The van der Waals surface area contributed by atoms with Crippen molar-refractivity contribution in [1.82, 2.24) is 9.80 Å². The van der Waals surface area contributed by atoms with E-state index in [9.17, 15) is 0 Å². The minimum Gasteiger partial charge on any atom is -0.308 e. The van der Waals surface area contributed by atoms with E-state index in [4.69, 9.17) is 11.6 Å². The van der Waals surface area contributed by atoms with Crippen molar-refractivity contribution in [3.63, 3.8) is 0 Å². The molecular weight excluding hydrogens is 172 g/mol. The summed E-state index contributed by atoms with van der Waals surface area (Å²) in [6.45, 7) is 3.19. The number of rotatable bonds is 6. The molecule has 0 saturated heterocycles. The maximum atomic E-state index is 5.50. The highest BCUT2D eigenvalue weighted by Crippen LogP contribution is 1.86. The van der Waals surface area contributed by atoms with Gasteiger partial charge in [0.2, 0.25) is 0 Å². The minimum absolute atomic E-state index is 0.613. The first-order valence-electron chi connectivity index (χ1n) is 4.21. The molecule has 0 aliphatic carbocycles. The SMILES string of the molecule is CN(C)CCN(C)CC=CCCl. The molecule has 0 aromatic heterocycles. The Morgan fingerprint density at radius 1 is 1.08 bits per heavy atom. The van der Waals surface area contributed by atoms with Crippen LogP contribution in [0, 0.1) is 0 Å². The quantitative estimate of drug-likeness (QED) is 0.460. The van der Waals surface area contributed by atoms with Crippen molar-refractivity contribution in [1.29, 1.82) is 0 Å². The number of halogens is 1. The summed E-state index contributed by atoms with van der Waals surface area (Å²) in [5.74, 6) is 0.613. The van der Waals surface area contributed by atoms with Gasteiger partial charge in [-0.3, -0.25) is 0 Å². The van der Waals surface area contributed by atoms with Gasteiger partial charge in [0.1, 0.15) is 0 Å². The second kappa shape index (κ2) is 7.59. The number of nitrogens with zero attached hydrogens (tertiary/aromatic N) is 2. The summed E-state index contributed by atoms with van der Waals surface area (Å²) >= 11 is 5.50. The fourth-order valence-electron chi connectivity index (χ4n) is 0.779. The molecule has 0 aliphatic rings. The lowest BCUT2D eigenvalue weighted by Crippen LogP contribution is -2.28. The second-order valence-electron chi connectivity index (χ2n) is 3.19. The van der Waals surface area contributed by atoms with E-state index in [1.54, 1.807) is 0 Å². The maximum Gasteiger partial charge on any atom is 0.0404 e. The summed E-state index contributed by atoms with van der Waals surface area (Å²) in [5.41, 5.74) is 0. The number of hydrogen-bond acceptors (Lipinski definition) is 2. The Morgan fingerprint density at radius 2 is 1.75 bits per heavy atom. The summed E-state index contributed by atoms with van der Waals surface area (Å²) in [6, 6.07) is 0. The number of alkyl halides is 1. The Balaban J connectivity index is 3.33. The first kappa shape index (κ1) is 11.9. The molecule has 0 aromatic rings. The molecule has 12 heavy (non-hydrogen) atoms. The van der Waals surface area contributed by atoms with Crippen LogP contribution in [0.5, 0.6) is 0 Å². The van der Waals surface area contributed by atoms with Gasteiger partial charge in [-0.2, -0.15) is 0 Å². The van der Waals surface area contributed by atoms with Gasteiger partial charge in [0.05, 0.1) is 0 Å². The molecule has 0 radical (unpaired) electrons. The second-order valence-corrected chi connectivity index (χ2v) is 3.50. The predicted molar refractivity (Wildman–Crippen MR) is 55.9 cm³/mol. The lowest BCUT2D eigenvalue weighted by atomic mass is 10.4. The van der Waals surface area contributed by atoms with Crippen LogP contribution in [0.2, 0.25) is 0 Å². The van der Waals surface area contributed by atoms with Crippen molar-refractivity contribution < 1.29 is 0 Å². The molecule has 0 rings (SSSR count). The highest BCUT2D eigenvalue weighted by Gasteiger charge is 1.95. The van der Waals surface area contributed by atoms with Gasteiger partial charge in [-0.1, -0.05) is 12.2 Å². The van der Waals surface area contributed by atoms with E-state index in [0.29, 0.717) is 5.88 Å². The van der Waals surface area contributed by atoms with Crippen LogP contribution >= 0.6 is 11.6 Å². The summed E-state index contributed by atoms with van der Waals surface area (Å²) in [4.78, 5) is 4.45. The van der Waals surface area contributed by atoms with E-state index < -0.39 is 0 Å². The molecule has 0 aliphatic heterocycles. The van der Waals surface area contributed by atoms with Gasteiger partial charge in [0.15, 0.2) is 0 Å². The van der Waals surface area contributed by atoms with Crippen LogP contribution in [0.25, 0.3) is 0 Å². The molecule has 0 heterocycles. The number of allylic oxidation sites excluding steroid dienone is 1. The van der Waals surface area contributed by atoms with E-state index in [0.717, 1.165) is 19.6 Å². The zero-order valence-electron chi connectivity index (χ0n) is 8.26. The highest BCUT2D eigenvalue weighted by molar-refractivity contribution is 6.18. The molecule has 0 amide bonds. The summed E-state index contributed by atoms with van der Waals surface area (Å²) in [5, 5.41) is 0. The molecule has 0 N–H and O–H groups in total. The molecule has 72 valence electrons. The third-order valence-corrected chi connectivity index (χ3v) is 1.78. The third-order valence-electron chi connectivity index (χ3n) is 1.60. The van der Waals surface area contributed by atoms with Crippen LogP contribution in [0.3, 0.4) is 0 Å². The summed E-state index contributed by atoms with van der Waals surface area (Å²) < 4.78 is 0. The Morgan fingerprint density at radius 3 is 2.25 bits per heavy atom. The van der Waals surface area contributed by atoms with Crippen LogP contribution in [-0.2, 0) is 0 Å². The Hall–Kier alpha value is -0.0500. The number of likely N-dealkylation sites (N-methyl/N-ethyl adjacent to an activating group) is 2. The average molecular weight is 191 g/mol. The summed E-state index contributed by atoms with van der Waals surface area (Å²) in [6.07, 6.45) is 4.08. The fourth-order valence-corrected chi connectivity index (χ4v) is 0.905. The van der Waals surface area contributed by atoms with Crippen molar-refractivity contribution in [2.75, 3.05) is 46.7 Å². The molecule has 0 bridgehead atoms. The zero-order valence-corrected chi connectivity index (χ0v) is 9.01. The van der Waals surface area contributed by atoms with Gasteiger partial charge in [-0.25, -0.2) is 0 Å². The van der Waals surface area contributed by atoms with Crippen LogP contribution in [0.1, 0.15) is 0 Å². The monoisotopic (exact) mass is 190 g/mol. The molecule has 0 fully saturated rings. The van der Waals surface area contributed by atoms with Gasteiger partial charge >= 0.3 is 0 Å². The molecule has 0 saturated carbocycles. The van der Waals surface area contributed by atoms with E-state index >= 15 is 0 Å². The first-order valence-corrected chi connectivity index (χ1v) is 4.74. The predicted octanol–water partition coefficient (Wildman–Crippen LogP) is 1.27. The van der Waals surface area contributed by atoms with Gasteiger partial charge in [0.25, 0.3) is 0 Å². The van der Waals surface area contributed by atoms with Crippen molar-refractivity contribution in [2.45, 2.75) is 0 Å². The Kier molecular flexibility index (Phi) is 7.56. The first-order chi connectivity index (χ1) is 5.66. The minimum atomic E-state index is 0.613. The number of hydrogen-bond donors (Lipinski definition) is 0. The van der Waals surface area contributed by atoms with E-state index in [1.807, 2.05) is 6.08 Å². The lowest BCUT2D eigenvalue weighted by Gasteiger charge is -2.17. The largest absolute Gasteiger partial charge is 0.308 e. The van der Waals surface area contributed by atoms with Crippen molar-refractivity contribution in [3.05, 3.63) is 12.2 Å². The van der Waals surface area contributed by atoms with E-state index in [2.05, 4.69) is 37.0 Å². The van der Waals surface area contributed by atoms with Crippen LogP contribution in [-0.4, -0.2) is 56.5 Å². The van der Waals surface area contributed by atoms with Gasteiger partial charge in [0, 0.05) is 25.5 Å². The van der Waals surface area contributed by atoms with Crippen molar-refractivity contribution >= 4 is 11.6 Å². The van der Waals surface area contributed by atoms with Gasteiger partial charge in [-0.05, 0) is 21.1 Å².